The maximum Gasteiger partial charge on any atom is 0.137 e. The van der Waals surface area contributed by atoms with Crippen molar-refractivity contribution in [1.29, 1.82) is 0 Å². The molecule has 1 atom stereocenters. The van der Waals surface area contributed by atoms with Gasteiger partial charge in [0.15, 0.2) is 0 Å². The summed E-state index contributed by atoms with van der Waals surface area (Å²) in [6.45, 7) is 5.08. The second kappa shape index (κ2) is 6.10. The zero-order valence-corrected chi connectivity index (χ0v) is 13.0. The summed E-state index contributed by atoms with van der Waals surface area (Å²) in [5.41, 5.74) is 2.35. The van der Waals surface area contributed by atoms with E-state index in [0.29, 0.717) is 6.04 Å². The van der Waals surface area contributed by atoms with E-state index in [0.717, 1.165) is 12.2 Å². The van der Waals surface area contributed by atoms with Crippen LogP contribution in [0.3, 0.4) is 0 Å². The minimum absolute atomic E-state index is 0.324. The molecule has 0 radical (unpaired) electrons. The van der Waals surface area contributed by atoms with E-state index >= 15 is 0 Å². The first-order valence-corrected chi connectivity index (χ1v) is 7.76. The van der Waals surface area contributed by atoms with Crippen LogP contribution in [0.25, 0.3) is 0 Å². The maximum absolute atomic E-state index is 4.12. The highest BCUT2D eigenvalue weighted by molar-refractivity contribution is 7.12. The van der Waals surface area contributed by atoms with E-state index in [1.165, 1.54) is 15.3 Å². The van der Waals surface area contributed by atoms with Crippen LogP contribution in [0.15, 0.2) is 49.1 Å². The zero-order valence-electron chi connectivity index (χ0n) is 12.2. The molecule has 1 aromatic carbocycles. The molecule has 2 aromatic heterocycles. The molecule has 3 aromatic rings. The molecule has 0 saturated heterocycles. The summed E-state index contributed by atoms with van der Waals surface area (Å²) < 4.78 is 1.82. The van der Waals surface area contributed by atoms with Gasteiger partial charge >= 0.3 is 0 Å². The second-order valence-electron chi connectivity index (χ2n) is 5.10. The molecular weight excluding hydrogens is 280 g/mol. The van der Waals surface area contributed by atoms with Gasteiger partial charge in [-0.3, -0.25) is 0 Å². The van der Waals surface area contributed by atoms with Gasteiger partial charge in [-0.1, -0.05) is 12.1 Å². The van der Waals surface area contributed by atoms with Gasteiger partial charge in [-0.15, -0.1) is 11.3 Å². The van der Waals surface area contributed by atoms with Crippen molar-refractivity contribution in [3.8, 4) is 0 Å². The number of aryl methyl sites for hydroxylation is 1. The lowest BCUT2D eigenvalue weighted by atomic mass is 10.2. The molecule has 0 amide bonds. The molecule has 0 bridgehead atoms. The topological polar surface area (TPSA) is 42.7 Å². The molecule has 0 spiro atoms. The minimum atomic E-state index is 0.324. The number of benzene rings is 1. The normalized spacial score (nSPS) is 12.3. The molecule has 21 heavy (non-hydrogen) atoms. The largest absolute Gasteiger partial charge is 0.378 e. The number of aromatic nitrogens is 3. The lowest BCUT2D eigenvalue weighted by Crippen LogP contribution is -2.05. The van der Waals surface area contributed by atoms with Gasteiger partial charge in [0.25, 0.3) is 0 Å². The van der Waals surface area contributed by atoms with Gasteiger partial charge in [-0.2, -0.15) is 5.10 Å². The van der Waals surface area contributed by atoms with Crippen LogP contribution < -0.4 is 5.32 Å². The Kier molecular flexibility index (Phi) is 4.01. The average molecular weight is 298 g/mol. The third kappa shape index (κ3) is 3.49. The highest BCUT2D eigenvalue weighted by Crippen LogP contribution is 2.25. The van der Waals surface area contributed by atoms with Crippen LogP contribution >= 0.6 is 11.3 Å². The highest BCUT2D eigenvalue weighted by atomic mass is 32.1. The first-order valence-electron chi connectivity index (χ1n) is 6.95. The van der Waals surface area contributed by atoms with E-state index in [1.54, 1.807) is 12.7 Å². The number of rotatable bonds is 5. The van der Waals surface area contributed by atoms with Crippen molar-refractivity contribution in [3.05, 3.63) is 64.4 Å². The van der Waals surface area contributed by atoms with Crippen LogP contribution in [0.2, 0.25) is 0 Å². The predicted molar refractivity (Wildman–Crippen MR) is 86.7 cm³/mol. The molecule has 0 aliphatic carbocycles. The molecule has 0 aliphatic heterocycles. The Morgan fingerprint density at radius 2 is 2.00 bits per heavy atom. The fourth-order valence-electron chi connectivity index (χ4n) is 2.22. The van der Waals surface area contributed by atoms with Crippen LogP contribution in [0, 0.1) is 6.92 Å². The predicted octanol–water partition coefficient (Wildman–Crippen LogP) is 3.87. The summed E-state index contributed by atoms with van der Waals surface area (Å²) in [5.74, 6) is 0. The van der Waals surface area contributed by atoms with Gasteiger partial charge in [-0.25, -0.2) is 9.67 Å². The van der Waals surface area contributed by atoms with E-state index in [4.69, 9.17) is 0 Å². The fraction of sp³-hybridized carbons (Fsp3) is 0.250. The molecule has 0 fully saturated rings. The van der Waals surface area contributed by atoms with Gasteiger partial charge in [0, 0.05) is 15.4 Å². The number of thiophene rings is 1. The van der Waals surface area contributed by atoms with Crippen LogP contribution in [0.1, 0.15) is 28.3 Å². The van der Waals surface area contributed by atoms with Crippen molar-refractivity contribution in [3.63, 3.8) is 0 Å². The zero-order chi connectivity index (χ0) is 14.7. The van der Waals surface area contributed by atoms with Gasteiger partial charge in [-0.05, 0) is 43.7 Å². The number of nitrogens with zero attached hydrogens (tertiary/aromatic N) is 3. The number of hydrogen-bond acceptors (Lipinski definition) is 4. The first-order chi connectivity index (χ1) is 10.2. The summed E-state index contributed by atoms with van der Waals surface area (Å²) in [5, 5.41) is 7.65. The molecule has 108 valence electrons. The monoisotopic (exact) mass is 298 g/mol. The summed E-state index contributed by atoms with van der Waals surface area (Å²) in [4.78, 5) is 6.66. The summed E-state index contributed by atoms with van der Waals surface area (Å²) in [6, 6.07) is 13.2. The molecule has 2 heterocycles. The summed E-state index contributed by atoms with van der Waals surface area (Å²) >= 11 is 1.84. The van der Waals surface area contributed by atoms with Crippen LogP contribution in [0.4, 0.5) is 5.69 Å². The molecule has 4 nitrogen and oxygen atoms in total. The van der Waals surface area contributed by atoms with Crippen molar-refractivity contribution < 1.29 is 0 Å². The van der Waals surface area contributed by atoms with Crippen molar-refractivity contribution in [2.45, 2.75) is 26.4 Å². The molecule has 1 unspecified atom stereocenters. The molecule has 3 rings (SSSR count). The quantitative estimate of drug-likeness (QED) is 0.777. The maximum atomic E-state index is 4.12. The van der Waals surface area contributed by atoms with E-state index in [2.05, 4.69) is 65.6 Å². The Bertz CT molecular complexity index is 685. The second-order valence-corrected chi connectivity index (χ2v) is 6.42. The SMILES string of the molecule is Cc1ccc(C(C)Nc2ccc(Cn3cncn3)cc2)s1. The highest BCUT2D eigenvalue weighted by Gasteiger charge is 2.07. The standard InChI is InChI=1S/C16H18N4S/c1-12-3-8-16(21-12)13(2)19-15-6-4-14(5-7-15)9-20-11-17-10-18-20/h3-8,10-11,13,19H,9H2,1-2H3. The smallest absolute Gasteiger partial charge is 0.137 e. The Balaban J connectivity index is 1.64. The van der Waals surface area contributed by atoms with Crippen molar-refractivity contribution in [1.82, 2.24) is 14.8 Å². The summed E-state index contributed by atoms with van der Waals surface area (Å²) in [6.07, 6.45) is 3.29. The van der Waals surface area contributed by atoms with Crippen LogP contribution in [-0.2, 0) is 6.54 Å². The molecule has 0 saturated carbocycles. The van der Waals surface area contributed by atoms with E-state index < -0.39 is 0 Å². The van der Waals surface area contributed by atoms with Gasteiger partial charge in [0.1, 0.15) is 12.7 Å². The van der Waals surface area contributed by atoms with Gasteiger partial charge < -0.3 is 5.32 Å². The van der Waals surface area contributed by atoms with Crippen molar-refractivity contribution >= 4 is 17.0 Å². The van der Waals surface area contributed by atoms with E-state index in [1.807, 2.05) is 16.0 Å². The molecule has 1 N–H and O–H groups in total. The first kappa shape index (κ1) is 13.8. The number of hydrogen-bond donors (Lipinski definition) is 1. The lowest BCUT2D eigenvalue weighted by Gasteiger charge is -2.14. The number of anilines is 1. The van der Waals surface area contributed by atoms with Gasteiger partial charge in [0.05, 0.1) is 12.6 Å². The molecule has 5 heteroatoms. The fourth-order valence-corrected chi connectivity index (χ4v) is 3.09. The number of nitrogens with one attached hydrogen (secondary N) is 1. The molecule has 0 aliphatic rings. The lowest BCUT2D eigenvalue weighted by molar-refractivity contribution is 0.685. The molecular formula is C16H18N4S. The van der Waals surface area contributed by atoms with Crippen LogP contribution in [0.5, 0.6) is 0 Å². The van der Waals surface area contributed by atoms with Crippen molar-refractivity contribution in [2.75, 3.05) is 5.32 Å². The Labute approximate surface area is 128 Å². The Morgan fingerprint density at radius 1 is 1.19 bits per heavy atom. The third-order valence-electron chi connectivity index (χ3n) is 3.34. The van der Waals surface area contributed by atoms with E-state index in [-0.39, 0.29) is 0 Å². The average Bonchev–Trinajstić information content (AvgIpc) is 3.12. The van der Waals surface area contributed by atoms with E-state index in [9.17, 15) is 0 Å². The minimum Gasteiger partial charge on any atom is -0.378 e. The third-order valence-corrected chi connectivity index (χ3v) is 4.52. The van der Waals surface area contributed by atoms with Crippen molar-refractivity contribution in [2.24, 2.45) is 0 Å². The summed E-state index contributed by atoms with van der Waals surface area (Å²) in [7, 11) is 0. The van der Waals surface area contributed by atoms with Crippen LogP contribution in [-0.4, -0.2) is 14.8 Å². The Morgan fingerprint density at radius 3 is 2.62 bits per heavy atom. The Hall–Kier alpha value is -2.14. The van der Waals surface area contributed by atoms with Gasteiger partial charge in [0.2, 0.25) is 0 Å².